The van der Waals surface area contributed by atoms with Crippen LogP contribution in [0.3, 0.4) is 0 Å². The summed E-state index contributed by atoms with van der Waals surface area (Å²) in [4.78, 5) is 22.0. The fraction of sp³-hybridized carbons (Fsp3) is 0.188. The van der Waals surface area contributed by atoms with Crippen molar-refractivity contribution in [1.29, 1.82) is 0 Å². The van der Waals surface area contributed by atoms with Crippen LogP contribution in [0.25, 0.3) is 16.0 Å². The minimum absolute atomic E-state index is 0.0258. The van der Waals surface area contributed by atoms with Crippen LogP contribution in [0.4, 0.5) is 0 Å². The van der Waals surface area contributed by atoms with Crippen molar-refractivity contribution < 1.29 is 8.42 Å². The zero-order chi connectivity index (χ0) is 19.3. The van der Waals surface area contributed by atoms with Crippen LogP contribution < -0.4 is 10.7 Å². The lowest BCUT2D eigenvalue weighted by Crippen LogP contribution is -2.14. The molecule has 0 aliphatic heterocycles. The van der Waals surface area contributed by atoms with Gasteiger partial charge >= 0.3 is 0 Å². The number of benzene rings is 1. The molecule has 0 atom stereocenters. The Morgan fingerprint density at radius 2 is 2.04 bits per heavy atom. The lowest BCUT2D eigenvalue weighted by Gasteiger charge is -2.03. The van der Waals surface area contributed by atoms with Gasteiger partial charge in [0, 0.05) is 29.9 Å². The third-order valence-electron chi connectivity index (χ3n) is 4.12. The van der Waals surface area contributed by atoms with Gasteiger partial charge in [-0.15, -0.1) is 11.3 Å². The van der Waals surface area contributed by atoms with Gasteiger partial charge in [-0.1, -0.05) is 11.8 Å². The van der Waals surface area contributed by atoms with Crippen LogP contribution in [-0.4, -0.2) is 27.4 Å². The number of thiazole rings is 1. The van der Waals surface area contributed by atoms with Crippen molar-refractivity contribution in [2.24, 2.45) is 12.2 Å². The van der Waals surface area contributed by atoms with E-state index in [1.54, 1.807) is 10.5 Å². The highest BCUT2D eigenvalue weighted by Crippen LogP contribution is 2.26. The van der Waals surface area contributed by atoms with E-state index in [2.05, 4.69) is 9.97 Å². The molecule has 11 heteroatoms. The fourth-order valence-electron chi connectivity index (χ4n) is 2.78. The molecule has 0 bridgehead atoms. The maximum absolute atomic E-state index is 12.3. The van der Waals surface area contributed by atoms with Crippen LogP contribution in [0, 0.1) is 6.92 Å². The van der Waals surface area contributed by atoms with Crippen molar-refractivity contribution >= 4 is 49.1 Å². The third-order valence-corrected chi connectivity index (χ3v) is 7.04. The van der Waals surface area contributed by atoms with E-state index >= 15 is 0 Å². The standard InChI is InChI=1S/C16H15N5O3S3/c1-9-7-25-16-18-10(5-14(22)21(9)16)8-26-15-19-12-6-11(27(17,23)24)3-4-13(12)20(15)2/h3-7H,8H2,1-2H3,(H2,17,23,24). The summed E-state index contributed by atoms with van der Waals surface area (Å²) in [5.41, 5.74) is 2.78. The quantitative estimate of drug-likeness (QED) is 0.504. The molecule has 0 radical (unpaired) electrons. The van der Waals surface area contributed by atoms with Crippen LogP contribution >= 0.6 is 23.1 Å². The summed E-state index contributed by atoms with van der Waals surface area (Å²) in [5.74, 6) is 0.474. The molecule has 4 rings (SSSR count). The van der Waals surface area contributed by atoms with E-state index in [1.807, 2.05) is 23.9 Å². The van der Waals surface area contributed by atoms with Crippen LogP contribution in [-0.2, 0) is 22.8 Å². The Hall–Kier alpha value is -2.21. The van der Waals surface area contributed by atoms with Gasteiger partial charge in [-0.3, -0.25) is 9.20 Å². The van der Waals surface area contributed by atoms with Gasteiger partial charge in [0.2, 0.25) is 10.0 Å². The zero-order valence-electron chi connectivity index (χ0n) is 14.4. The van der Waals surface area contributed by atoms with E-state index in [9.17, 15) is 13.2 Å². The number of hydrogen-bond acceptors (Lipinski definition) is 7. The van der Waals surface area contributed by atoms with E-state index in [0.29, 0.717) is 27.1 Å². The molecule has 0 saturated carbocycles. The highest BCUT2D eigenvalue weighted by atomic mass is 32.2. The molecular weight excluding hydrogens is 406 g/mol. The molecule has 0 aliphatic carbocycles. The number of fused-ring (bicyclic) bond motifs is 2. The van der Waals surface area contributed by atoms with Crippen molar-refractivity contribution in [3.8, 4) is 0 Å². The molecule has 0 fully saturated rings. The first-order valence-corrected chi connectivity index (χ1v) is 11.2. The minimum Gasteiger partial charge on any atom is -0.322 e. The Kier molecular flexibility index (Phi) is 4.34. The van der Waals surface area contributed by atoms with Gasteiger partial charge in [0.1, 0.15) is 0 Å². The zero-order valence-corrected chi connectivity index (χ0v) is 16.9. The van der Waals surface area contributed by atoms with Gasteiger partial charge in [0.25, 0.3) is 5.56 Å². The number of sulfonamides is 1. The molecule has 140 valence electrons. The van der Waals surface area contributed by atoms with Crippen LogP contribution in [0.1, 0.15) is 11.4 Å². The van der Waals surface area contributed by atoms with Crippen LogP contribution in [0.15, 0.2) is 44.5 Å². The average molecular weight is 422 g/mol. The topological polar surface area (TPSA) is 112 Å². The summed E-state index contributed by atoms with van der Waals surface area (Å²) in [6, 6.07) is 6.13. The molecule has 3 aromatic heterocycles. The Morgan fingerprint density at radius 1 is 1.26 bits per heavy atom. The Morgan fingerprint density at radius 3 is 2.78 bits per heavy atom. The number of aryl methyl sites for hydroxylation is 2. The lowest BCUT2D eigenvalue weighted by atomic mass is 10.3. The van der Waals surface area contributed by atoms with E-state index in [4.69, 9.17) is 5.14 Å². The number of hydrogen-bond donors (Lipinski definition) is 1. The minimum atomic E-state index is -3.78. The van der Waals surface area contributed by atoms with E-state index in [-0.39, 0.29) is 10.5 Å². The molecular formula is C16H15N5O3S3. The van der Waals surface area contributed by atoms with Gasteiger partial charge in [-0.25, -0.2) is 23.5 Å². The number of thioether (sulfide) groups is 1. The predicted octanol–water partition coefficient (Wildman–Crippen LogP) is 1.89. The highest BCUT2D eigenvalue weighted by Gasteiger charge is 2.14. The Labute approximate surface area is 162 Å². The molecule has 8 nitrogen and oxygen atoms in total. The monoisotopic (exact) mass is 421 g/mol. The largest absolute Gasteiger partial charge is 0.322 e. The molecule has 0 unspecified atom stereocenters. The number of aromatic nitrogens is 4. The molecule has 4 aromatic rings. The molecule has 0 saturated heterocycles. The highest BCUT2D eigenvalue weighted by molar-refractivity contribution is 7.98. The molecule has 0 amide bonds. The Balaban J connectivity index is 1.66. The normalized spacial score (nSPS) is 12.3. The number of imidazole rings is 1. The first-order valence-electron chi connectivity index (χ1n) is 7.83. The summed E-state index contributed by atoms with van der Waals surface area (Å²) in [5, 5.41) is 7.78. The smallest absolute Gasteiger partial charge is 0.258 e. The second-order valence-electron chi connectivity index (χ2n) is 6.02. The fourth-order valence-corrected chi connectivity index (χ4v) is 5.08. The summed E-state index contributed by atoms with van der Waals surface area (Å²) < 4.78 is 26.5. The van der Waals surface area contributed by atoms with Gasteiger partial charge in [-0.05, 0) is 25.1 Å². The van der Waals surface area contributed by atoms with Crippen molar-refractivity contribution in [1.82, 2.24) is 18.9 Å². The van der Waals surface area contributed by atoms with Crippen LogP contribution in [0.5, 0.6) is 0 Å². The second-order valence-corrected chi connectivity index (χ2v) is 9.36. The van der Waals surface area contributed by atoms with Crippen molar-refractivity contribution in [3.05, 3.63) is 51.4 Å². The Bertz CT molecular complexity index is 1350. The predicted molar refractivity (Wildman–Crippen MR) is 106 cm³/mol. The number of rotatable bonds is 4. The van der Waals surface area contributed by atoms with Crippen molar-refractivity contribution in [2.75, 3.05) is 0 Å². The molecule has 3 heterocycles. The van der Waals surface area contributed by atoms with Crippen LogP contribution in [0.2, 0.25) is 0 Å². The molecule has 0 aliphatic rings. The van der Waals surface area contributed by atoms with E-state index in [0.717, 1.165) is 11.2 Å². The van der Waals surface area contributed by atoms with Gasteiger partial charge < -0.3 is 4.57 Å². The van der Waals surface area contributed by atoms with E-state index < -0.39 is 10.0 Å². The second kappa shape index (κ2) is 6.44. The maximum Gasteiger partial charge on any atom is 0.258 e. The summed E-state index contributed by atoms with van der Waals surface area (Å²) in [7, 11) is -1.93. The van der Waals surface area contributed by atoms with Gasteiger partial charge in [-0.2, -0.15) is 0 Å². The first-order chi connectivity index (χ1) is 12.7. The third kappa shape index (κ3) is 3.27. The average Bonchev–Trinajstić information content (AvgIpc) is 3.13. The molecule has 2 N–H and O–H groups in total. The number of nitrogens with zero attached hydrogens (tertiary/aromatic N) is 4. The van der Waals surface area contributed by atoms with E-state index in [1.165, 1.54) is 41.3 Å². The number of nitrogens with two attached hydrogens (primary N) is 1. The maximum atomic E-state index is 12.3. The van der Waals surface area contributed by atoms with Gasteiger partial charge in [0.05, 0.1) is 21.6 Å². The van der Waals surface area contributed by atoms with Crippen molar-refractivity contribution in [3.63, 3.8) is 0 Å². The molecule has 27 heavy (non-hydrogen) atoms. The SMILES string of the molecule is Cc1csc2nc(CSc3nc4cc(S(N)(=O)=O)ccc4n3C)cc(=O)n12. The summed E-state index contributed by atoms with van der Waals surface area (Å²) in [6.07, 6.45) is 0. The summed E-state index contributed by atoms with van der Waals surface area (Å²) >= 11 is 2.86. The lowest BCUT2D eigenvalue weighted by molar-refractivity contribution is 0.598. The first kappa shape index (κ1) is 18.2. The summed E-state index contributed by atoms with van der Waals surface area (Å²) in [6.45, 7) is 1.87. The van der Waals surface area contributed by atoms with Crippen molar-refractivity contribution in [2.45, 2.75) is 22.7 Å². The molecule has 1 aromatic carbocycles. The molecule has 0 spiro atoms. The van der Waals surface area contributed by atoms with Gasteiger partial charge in [0.15, 0.2) is 10.1 Å². The number of primary sulfonamides is 1.